The minimum Gasteiger partial charge on any atom is -0.325 e. The van der Waals surface area contributed by atoms with Crippen LogP contribution in [0.3, 0.4) is 0 Å². The van der Waals surface area contributed by atoms with Crippen LogP contribution >= 0.6 is 0 Å². The van der Waals surface area contributed by atoms with Crippen LogP contribution in [0.1, 0.15) is 40.7 Å². The van der Waals surface area contributed by atoms with Gasteiger partial charge >= 0.3 is 0 Å². The highest BCUT2D eigenvalue weighted by Gasteiger charge is 2.32. The Bertz CT molecular complexity index is 1040. The molecule has 0 aromatic heterocycles. The second-order valence-corrected chi connectivity index (χ2v) is 9.88. The molecule has 0 atom stereocenters. The van der Waals surface area contributed by atoms with Crippen LogP contribution in [0.2, 0.25) is 0 Å². The predicted molar refractivity (Wildman–Crippen MR) is 110 cm³/mol. The summed E-state index contributed by atoms with van der Waals surface area (Å²) in [4.78, 5) is 12.8. The van der Waals surface area contributed by atoms with Crippen LogP contribution in [-0.4, -0.2) is 26.6 Å². The zero-order valence-electron chi connectivity index (χ0n) is 15.8. The van der Waals surface area contributed by atoms with Crippen molar-refractivity contribution in [3.8, 4) is 0 Å². The lowest BCUT2D eigenvalue weighted by Gasteiger charge is -2.20. The highest BCUT2D eigenvalue weighted by Crippen LogP contribution is 2.38. The Balaban J connectivity index is 1.39. The first-order valence-electron chi connectivity index (χ1n) is 10.1. The predicted octanol–water partition coefficient (Wildman–Crippen LogP) is 3.00. The number of carbonyl (C=O) groups excluding carboxylic acids is 1. The Hall–Kier alpha value is -2.34. The highest BCUT2D eigenvalue weighted by molar-refractivity contribution is 7.93. The van der Waals surface area contributed by atoms with Crippen molar-refractivity contribution in [2.45, 2.75) is 44.9 Å². The van der Waals surface area contributed by atoms with Crippen LogP contribution in [0.15, 0.2) is 30.3 Å². The van der Waals surface area contributed by atoms with E-state index in [2.05, 4.69) is 11.4 Å². The maximum absolute atomic E-state index is 12.9. The molecule has 1 N–H and O–H groups in total. The quantitative estimate of drug-likeness (QED) is 0.864. The third-order valence-electron chi connectivity index (χ3n) is 6.23. The molecule has 0 bridgehead atoms. The van der Waals surface area contributed by atoms with Gasteiger partial charge in [-0.3, -0.25) is 9.10 Å². The van der Waals surface area contributed by atoms with Crippen LogP contribution < -0.4 is 9.62 Å². The fourth-order valence-electron chi connectivity index (χ4n) is 4.98. The molecule has 0 saturated carbocycles. The molecule has 2 aromatic carbocycles. The van der Waals surface area contributed by atoms with E-state index in [1.807, 2.05) is 24.3 Å². The minimum atomic E-state index is -3.70. The SMILES string of the molecule is O=C(CS(=O)(=O)N1CCc2ccccc21)Nc1c2c(cc3c1CCC3)CCC2. The molecule has 0 saturated heterocycles. The number of hydrogen-bond acceptors (Lipinski definition) is 3. The third-order valence-corrected chi connectivity index (χ3v) is 7.91. The van der Waals surface area contributed by atoms with Crippen molar-refractivity contribution in [3.05, 3.63) is 58.1 Å². The molecule has 0 spiro atoms. The molecule has 1 amide bonds. The second-order valence-electron chi connectivity index (χ2n) is 7.99. The van der Waals surface area contributed by atoms with Gasteiger partial charge in [-0.1, -0.05) is 24.3 Å². The van der Waals surface area contributed by atoms with E-state index in [1.165, 1.54) is 26.6 Å². The van der Waals surface area contributed by atoms with Crippen LogP contribution in [0.5, 0.6) is 0 Å². The number of hydrogen-bond donors (Lipinski definition) is 1. The Morgan fingerprint density at radius 1 is 0.929 bits per heavy atom. The van der Waals surface area contributed by atoms with E-state index in [4.69, 9.17) is 0 Å². The van der Waals surface area contributed by atoms with Gasteiger partial charge < -0.3 is 5.32 Å². The molecular formula is C22H24N2O3S. The number of anilines is 2. The van der Waals surface area contributed by atoms with Gasteiger partial charge in [0.15, 0.2) is 0 Å². The minimum absolute atomic E-state index is 0.408. The standard InChI is InChI=1S/C22H24N2O3S/c25-21(14-28(26,27)24-12-11-15-5-1-2-10-20(15)24)23-22-18-8-3-6-16(18)13-17-7-4-9-19(17)22/h1-2,5,10,13H,3-4,6-9,11-12,14H2,(H,23,25). The Labute approximate surface area is 165 Å². The number of nitrogens with one attached hydrogen (secondary N) is 1. The molecule has 1 aliphatic heterocycles. The highest BCUT2D eigenvalue weighted by atomic mass is 32.2. The maximum atomic E-state index is 12.9. The lowest BCUT2D eigenvalue weighted by molar-refractivity contribution is -0.113. The lowest BCUT2D eigenvalue weighted by Crippen LogP contribution is -2.36. The lowest BCUT2D eigenvalue weighted by atomic mass is 9.98. The zero-order chi connectivity index (χ0) is 19.3. The van der Waals surface area contributed by atoms with Crippen LogP contribution in [0, 0.1) is 0 Å². The largest absolute Gasteiger partial charge is 0.325 e. The Morgan fingerprint density at radius 3 is 2.32 bits per heavy atom. The van der Waals surface area contributed by atoms with Crippen molar-refractivity contribution in [2.24, 2.45) is 0 Å². The molecule has 0 fully saturated rings. The number of fused-ring (bicyclic) bond motifs is 3. The number of carbonyl (C=O) groups is 1. The molecular weight excluding hydrogens is 372 g/mol. The van der Waals surface area contributed by atoms with E-state index in [1.54, 1.807) is 0 Å². The molecule has 28 heavy (non-hydrogen) atoms. The van der Waals surface area contributed by atoms with Crippen molar-refractivity contribution in [2.75, 3.05) is 21.9 Å². The van der Waals surface area contributed by atoms with Gasteiger partial charge in [0.25, 0.3) is 0 Å². The average molecular weight is 397 g/mol. The molecule has 2 aliphatic carbocycles. The smallest absolute Gasteiger partial charge is 0.244 e. The maximum Gasteiger partial charge on any atom is 0.244 e. The summed E-state index contributed by atoms with van der Waals surface area (Å²) < 4.78 is 27.2. The van der Waals surface area contributed by atoms with Crippen LogP contribution in [0.4, 0.5) is 11.4 Å². The first-order chi connectivity index (χ1) is 13.5. The van der Waals surface area contributed by atoms with Crippen molar-refractivity contribution in [1.29, 1.82) is 0 Å². The Morgan fingerprint density at radius 2 is 1.61 bits per heavy atom. The van der Waals surface area contributed by atoms with E-state index in [0.717, 1.165) is 49.8 Å². The summed E-state index contributed by atoms with van der Waals surface area (Å²) in [5, 5.41) is 3.00. The Kier molecular flexibility index (Phi) is 4.19. The molecule has 2 aromatic rings. The van der Waals surface area contributed by atoms with Crippen molar-refractivity contribution in [3.63, 3.8) is 0 Å². The van der Waals surface area contributed by atoms with Gasteiger partial charge in [0.1, 0.15) is 5.75 Å². The fraction of sp³-hybridized carbons (Fsp3) is 0.409. The molecule has 6 heteroatoms. The third kappa shape index (κ3) is 2.91. The van der Waals surface area contributed by atoms with Gasteiger partial charge in [-0.15, -0.1) is 0 Å². The number of benzene rings is 2. The van der Waals surface area contributed by atoms with Gasteiger partial charge in [-0.05, 0) is 78.8 Å². The van der Waals surface area contributed by atoms with E-state index < -0.39 is 21.7 Å². The number of rotatable bonds is 4. The first-order valence-corrected chi connectivity index (χ1v) is 11.7. The molecule has 0 unspecified atom stereocenters. The van der Waals surface area contributed by atoms with Crippen molar-refractivity contribution >= 4 is 27.3 Å². The van der Waals surface area contributed by atoms with Crippen molar-refractivity contribution < 1.29 is 13.2 Å². The van der Waals surface area contributed by atoms with Gasteiger partial charge in [-0.2, -0.15) is 0 Å². The normalized spacial score (nSPS) is 17.4. The number of amides is 1. The van der Waals surface area contributed by atoms with Crippen molar-refractivity contribution in [1.82, 2.24) is 0 Å². The average Bonchev–Trinajstić information content (AvgIpc) is 3.39. The number of para-hydroxylation sites is 1. The number of sulfonamides is 1. The zero-order valence-corrected chi connectivity index (χ0v) is 16.6. The van der Waals surface area contributed by atoms with Gasteiger partial charge in [-0.25, -0.2) is 8.42 Å². The van der Waals surface area contributed by atoms with E-state index in [0.29, 0.717) is 18.7 Å². The molecule has 5 rings (SSSR count). The summed E-state index contributed by atoms with van der Waals surface area (Å²) in [6.07, 6.45) is 6.92. The fourth-order valence-corrected chi connectivity index (χ4v) is 6.39. The molecule has 5 nitrogen and oxygen atoms in total. The summed E-state index contributed by atoms with van der Waals surface area (Å²) in [5.41, 5.74) is 7.72. The summed E-state index contributed by atoms with van der Waals surface area (Å²) in [5.74, 6) is -0.946. The molecule has 3 aliphatic rings. The van der Waals surface area contributed by atoms with E-state index >= 15 is 0 Å². The van der Waals surface area contributed by atoms with E-state index in [9.17, 15) is 13.2 Å². The number of nitrogens with zero attached hydrogens (tertiary/aromatic N) is 1. The number of aryl methyl sites for hydroxylation is 2. The summed E-state index contributed by atoms with van der Waals surface area (Å²) in [6, 6.07) is 9.82. The second kappa shape index (κ2) is 6.62. The molecule has 1 heterocycles. The molecule has 146 valence electrons. The summed E-state index contributed by atoms with van der Waals surface area (Å²) >= 11 is 0. The molecule has 0 radical (unpaired) electrons. The van der Waals surface area contributed by atoms with Gasteiger partial charge in [0.2, 0.25) is 15.9 Å². The van der Waals surface area contributed by atoms with E-state index in [-0.39, 0.29) is 0 Å². The van der Waals surface area contributed by atoms with Gasteiger partial charge in [0, 0.05) is 12.2 Å². The topological polar surface area (TPSA) is 66.5 Å². The van der Waals surface area contributed by atoms with Crippen LogP contribution in [0.25, 0.3) is 0 Å². The van der Waals surface area contributed by atoms with Gasteiger partial charge in [0.05, 0.1) is 5.69 Å². The first kappa shape index (κ1) is 17.7. The summed E-state index contributed by atoms with van der Waals surface area (Å²) in [7, 11) is -3.70. The monoisotopic (exact) mass is 396 g/mol. The van der Waals surface area contributed by atoms with Crippen LogP contribution in [-0.2, 0) is 46.9 Å². The summed E-state index contributed by atoms with van der Waals surface area (Å²) in [6.45, 7) is 0.408.